The fourth-order valence-electron chi connectivity index (χ4n) is 3.56. The zero-order chi connectivity index (χ0) is 14.4. The van der Waals surface area contributed by atoms with E-state index < -0.39 is 10.8 Å². The van der Waals surface area contributed by atoms with Gasteiger partial charge in [0.15, 0.2) is 0 Å². The van der Waals surface area contributed by atoms with Crippen LogP contribution in [0.5, 0.6) is 0 Å². The van der Waals surface area contributed by atoms with Crippen molar-refractivity contribution in [1.29, 1.82) is 0 Å². The van der Waals surface area contributed by atoms with Crippen molar-refractivity contribution in [2.45, 2.75) is 75.3 Å². The van der Waals surface area contributed by atoms with E-state index in [1.807, 2.05) is 0 Å². The molecule has 0 aromatic heterocycles. The van der Waals surface area contributed by atoms with Gasteiger partial charge in [-0.1, -0.05) is 20.3 Å². The minimum atomic E-state index is -0.691. The van der Waals surface area contributed by atoms with Crippen LogP contribution in [0.15, 0.2) is 0 Å². The molecule has 4 heteroatoms. The topological polar surface area (TPSA) is 38.3 Å². The van der Waals surface area contributed by atoms with Crippen LogP contribution in [0.1, 0.15) is 58.8 Å². The molecule has 1 saturated carbocycles. The van der Waals surface area contributed by atoms with E-state index in [1.54, 1.807) is 0 Å². The Morgan fingerprint density at radius 3 is 2.55 bits per heavy atom. The summed E-state index contributed by atoms with van der Waals surface area (Å²) in [5, 5.41) is 4.40. The number of ether oxygens (including phenoxy) is 1. The van der Waals surface area contributed by atoms with Crippen LogP contribution in [0.3, 0.4) is 0 Å². The number of hydrogen-bond acceptors (Lipinski definition) is 3. The van der Waals surface area contributed by atoms with Crippen LogP contribution >= 0.6 is 0 Å². The molecule has 1 N–H and O–H groups in total. The van der Waals surface area contributed by atoms with Crippen molar-refractivity contribution < 1.29 is 8.95 Å². The molecule has 0 aromatic carbocycles. The van der Waals surface area contributed by atoms with E-state index in [0.29, 0.717) is 16.5 Å². The highest BCUT2D eigenvalue weighted by molar-refractivity contribution is 7.86. The first kappa shape index (κ1) is 16.4. The highest BCUT2D eigenvalue weighted by Crippen LogP contribution is 2.32. The molecule has 20 heavy (non-hydrogen) atoms. The third kappa shape index (κ3) is 4.28. The van der Waals surface area contributed by atoms with Gasteiger partial charge >= 0.3 is 0 Å². The molecule has 0 amide bonds. The smallest absolute Gasteiger partial charge is 0.0506 e. The van der Waals surface area contributed by atoms with Crippen molar-refractivity contribution in [2.24, 2.45) is 5.92 Å². The van der Waals surface area contributed by atoms with E-state index in [2.05, 4.69) is 19.2 Å². The average Bonchev–Trinajstić information content (AvgIpc) is 2.53. The second-order valence-electron chi connectivity index (χ2n) is 6.33. The Morgan fingerprint density at radius 2 is 1.90 bits per heavy atom. The molecule has 0 bridgehead atoms. The maximum Gasteiger partial charge on any atom is 0.0506 e. The molecular formula is C16H31NO2S. The minimum absolute atomic E-state index is 0.364. The van der Waals surface area contributed by atoms with Crippen LogP contribution in [0.4, 0.5) is 0 Å². The first-order valence-corrected chi connectivity index (χ1v) is 9.74. The van der Waals surface area contributed by atoms with Crippen LogP contribution < -0.4 is 5.32 Å². The lowest BCUT2D eigenvalue weighted by molar-refractivity contribution is 0.0988. The van der Waals surface area contributed by atoms with Gasteiger partial charge in [0, 0.05) is 35.3 Å². The summed E-state index contributed by atoms with van der Waals surface area (Å²) in [6.45, 7) is 7.14. The first-order chi connectivity index (χ1) is 9.76. The van der Waals surface area contributed by atoms with Crippen molar-refractivity contribution in [3.8, 4) is 0 Å². The lowest BCUT2D eigenvalue weighted by atomic mass is 9.84. The number of rotatable bonds is 6. The summed E-state index contributed by atoms with van der Waals surface area (Å²) < 4.78 is 18.4. The third-order valence-corrected chi connectivity index (χ3v) is 7.18. The van der Waals surface area contributed by atoms with Gasteiger partial charge < -0.3 is 10.1 Å². The van der Waals surface area contributed by atoms with Gasteiger partial charge in [0.25, 0.3) is 0 Å². The largest absolute Gasteiger partial charge is 0.381 e. The summed E-state index contributed by atoms with van der Waals surface area (Å²) in [6.07, 6.45) is 8.03. The number of hydrogen-bond donors (Lipinski definition) is 1. The van der Waals surface area contributed by atoms with E-state index in [-0.39, 0.29) is 0 Å². The van der Waals surface area contributed by atoms with Crippen molar-refractivity contribution in [2.75, 3.05) is 19.8 Å². The lowest BCUT2D eigenvalue weighted by Crippen LogP contribution is -2.49. The zero-order valence-electron chi connectivity index (χ0n) is 13.1. The monoisotopic (exact) mass is 301 g/mol. The molecule has 3 nitrogen and oxygen atoms in total. The Bertz CT molecular complexity index is 305. The summed E-state index contributed by atoms with van der Waals surface area (Å²) >= 11 is 0. The summed E-state index contributed by atoms with van der Waals surface area (Å²) in [4.78, 5) is 0. The molecule has 1 aliphatic carbocycles. The Morgan fingerprint density at radius 1 is 1.15 bits per heavy atom. The van der Waals surface area contributed by atoms with Gasteiger partial charge in [0.1, 0.15) is 0 Å². The SMILES string of the molecule is CCCNC1CCC(CC)CC1S(=O)C1CCOCC1. The second kappa shape index (κ2) is 8.50. The Balaban J connectivity index is 1.98. The summed E-state index contributed by atoms with van der Waals surface area (Å²) in [5.74, 6) is 0.781. The fourth-order valence-corrected chi connectivity index (χ4v) is 5.73. The molecule has 2 fully saturated rings. The van der Waals surface area contributed by atoms with Crippen LogP contribution in [0.25, 0.3) is 0 Å². The van der Waals surface area contributed by atoms with Gasteiger partial charge in [-0.2, -0.15) is 0 Å². The Kier molecular flexibility index (Phi) is 6.99. The third-order valence-electron chi connectivity index (χ3n) is 4.93. The van der Waals surface area contributed by atoms with Crippen molar-refractivity contribution in [1.82, 2.24) is 5.32 Å². The van der Waals surface area contributed by atoms with Crippen LogP contribution in [0.2, 0.25) is 0 Å². The summed E-state index contributed by atoms with van der Waals surface area (Å²) in [5.41, 5.74) is 0. The molecule has 0 aromatic rings. The molecule has 4 unspecified atom stereocenters. The highest BCUT2D eigenvalue weighted by Gasteiger charge is 2.36. The molecule has 4 atom stereocenters. The molecule has 0 spiro atoms. The highest BCUT2D eigenvalue weighted by atomic mass is 32.2. The van der Waals surface area contributed by atoms with Gasteiger partial charge in [-0.25, -0.2) is 0 Å². The molecule has 1 saturated heterocycles. The second-order valence-corrected chi connectivity index (χ2v) is 8.26. The molecule has 2 rings (SSSR count). The maximum absolute atomic E-state index is 13.0. The van der Waals surface area contributed by atoms with Crippen LogP contribution in [0, 0.1) is 5.92 Å². The summed E-state index contributed by atoms with van der Waals surface area (Å²) in [6, 6.07) is 0.474. The van der Waals surface area contributed by atoms with Crippen LogP contribution in [-0.4, -0.2) is 40.5 Å². The average molecular weight is 301 g/mol. The summed E-state index contributed by atoms with van der Waals surface area (Å²) in [7, 11) is -0.691. The lowest BCUT2D eigenvalue weighted by Gasteiger charge is -2.38. The zero-order valence-corrected chi connectivity index (χ0v) is 13.9. The van der Waals surface area contributed by atoms with Gasteiger partial charge in [0.05, 0.1) is 5.25 Å². The standard InChI is InChI=1S/C16H31NO2S/c1-3-9-17-15-6-5-13(4-2)12-16(15)20(18)14-7-10-19-11-8-14/h13-17H,3-12H2,1-2H3. The molecule has 0 radical (unpaired) electrons. The van der Waals surface area contributed by atoms with Crippen molar-refractivity contribution in [3.63, 3.8) is 0 Å². The van der Waals surface area contributed by atoms with E-state index in [4.69, 9.17) is 4.74 Å². The quantitative estimate of drug-likeness (QED) is 0.820. The predicted octanol–water partition coefficient (Wildman–Crippen LogP) is 2.86. The normalized spacial score (nSPS) is 34.0. The van der Waals surface area contributed by atoms with E-state index in [9.17, 15) is 4.21 Å². The molecule has 2 aliphatic rings. The predicted molar refractivity (Wildman–Crippen MR) is 85.5 cm³/mol. The Labute approximate surface area is 126 Å². The maximum atomic E-state index is 13.0. The van der Waals surface area contributed by atoms with Gasteiger partial charge in [-0.05, 0) is 51.0 Å². The molecule has 118 valence electrons. The van der Waals surface area contributed by atoms with E-state index in [0.717, 1.165) is 51.4 Å². The van der Waals surface area contributed by atoms with Crippen molar-refractivity contribution in [3.05, 3.63) is 0 Å². The first-order valence-electron chi connectivity index (χ1n) is 8.46. The number of nitrogens with one attached hydrogen (secondary N) is 1. The van der Waals surface area contributed by atoms with E-state index >= 15 is 0 Å². The molecule has 1 aliphatic heterocycles. The Hall–Kier alpha value is 0.0700. The van der Waals surface area contributed by atoms with Crippen molar-refractivity contribution >= 4 is 10.8 Å². The molecule has 1 heterocycles. The fraction of sp³-hybridized carbons (Fsp3) is 1.00. The van der Waals surface area contributed by atoms with E-state index in [1.165, 1.54) is 19.3 Å². The molecular weight excluding hydrogens is 270 g/mol. The van der Waals surface area contributed by atoms with Gasteiger partial charge in [-0.3, -0.25) is 4.21 Å². The van der Waals surface area contributed by atoms with Gasteiger partial charge in [0.2, 0.25) is 0 Å². The van der Waals surface area contributed by atoms with Crippen LogP contribution in [-0.2, 0) is 15.5 Å². The van der Waals surface area contributed by atoms with Gasteiger partial charge in [-0.15, -0.1) is 0 Å². The minimum Gasteiger partial charge on any atom is -0.381 e.